The molecule has 5 nitrogen and oxygen atoms in total. The molecule has 4 rings (SSSR count). The Labute approximate surface area is 177 Å². The van der Waals surface area contributed by atoms with Crippen LogP contribution in [0.5, 0.6) is 5.75 Å². The molecule has 1 amide bonds. The molecule has 1 N–H and O–H groups in total. The van der Waals surface area contributed by atoms with Crippen LogP contribution in [0.4, 0.5) is 5.13 Å². The number of benzene rings is 2. The number of hydrogen-bond donors (Lipinski definition) is 1. The minimum atomic E-state index is -0.200. The lowest BCUT2D eigenvalue weighted by Gasteiger charge is -2.07. The second-order valence-corrected chi connectivity index (χ2v) is 8.45. The van der Waals surface area contributed by atoms with Gasteiger partial charge in [-0.25, -0.2) is 9.97 Å². The van der Waals surface area contributed by atoms with Gasteiger partial charge in [0.1, 0.15) is 16.5 Å². The van der Waals surface area contributed by atoms with E-state index in [1.54, 1.807) is 23.5 Å². The highest BCUT2D eigenvalue weighted by Gasteiger charge is 2.13. The van der Waals surface area contributed by atoms with Crippen molar-refractivity contribution in [2.24, 2.45) is 0 Å². The molecule has 29 heavy (non-hydrogen) atoms. The SMILES string of the molecule is CCCCCOc1cccc(C(=O)Nc2nc(-c3nc4ccccc4s3)cs2)c1. The fourth-order valence-electron chi connectivity index (χ4n) is 2.85. The first-order valence-electron chi connectivity index (χ1n) is 9.58. The molecular formula is C22H21N3O2S2. The fourth-order valence-corrected chi connectivity index (χ4v) is 4.54. The molecule has 2 heterocycles. The Balaban J connectivity index is 1.42. The maximum atomic E-state index is 12.6. The summed E-state index contributed by atoms with van der Waals surface area (Å²) in [7, 11) is 0. The van der Waals surface area contributed by atoms with Crippen LogP contribution in [0.15, 0.2) is 53.9 Å². The quantitative estimate of drug-likeness (QED) is 0.341. The number of rotatable bonds is 8. The number of para-hydroxylation sites is 1. The Morgan fingerprint density at radius 3 is 2.86 bits per heavy atom. The summed E-state index contributed by atoms with van der Waals surface area (Å²) in [5.41, 5.74) is 2.29. The number of amides is 1. The third-order valence-electron chi connectivity index (χ3n) is 4.35. The van der Waals surface area contributed by atoms with Gasteiger partial charge in [-0.2, -0.15) is 0 Å². The third-order valence-corrected chi connectivity index (χ3v) is 6.17. The number of carbonyl (C=O) groups excluding carboxylic acids is 1. The molecule has 2 aromatic heterocycles. The summed E-state index contributed by atoms with van der Waals surface area (Å²) in [6.07, 6.45) is 3.31. The van der Waals surface area contributed by atoms with Gasteiger partial charge in [0.05, 0.1) is 16.8 Å². The number of carbonyl (C=O) groups is 1. The maximum absolute atomic E-state index is 12.6. The summed E-state index contributed by atoms with van der Waals surface area (Å²) in [4.78, 5) is 21.8. The van der Waals surface area contributed by atoms with Gasteiger partial charge in [0.15, 0.2) is 5.13 Å². The van der Waals surface area contributed by atoms with Gasteiger partial charge in [0.25, 0.3) is 5.91 Å². The van der Waals surface area contributed by atoms with E-state index in [4.69, 9.17) is 4.74 Å². The molecule has 2 aromatic carbocycles. The predicted molar refractivity (Wildman–Crippen MR) is 120 cm³/mol. The molecule has 4 aromatic rings. The minimum absolute atomic E-state index is 0.200. The van der Waals surface area contributed by atoms with Crippen LogP contribution in [-0.4, -0.2) is 22.5 Å². The number of anilines is 1. The first kappa shape index (κ1) is 19.5. The average molecular weight is 424 g/mol. The van der Waals surface area contributed by atoms with Crippen molar-refractivity contribution >= 4 is 43.9 Å². The first-order valence-corrected chi connectivity index (χ1v) is 11.3. The van der Waals surface area contributed by atoms with Crippen LogP contribution < -0.4 is 10.1 Å². The Kier molecular flexibility index (Phi) is 6.17. The van der Waals surface area contributed by atoms with Crippen LogP contribution >= 0.6 is 22.7 Å². The maximum Gasteiger partial charge on any atom is 0.257 e. The molecule has 0 saturated heterocycles. The van der Waals surface area contributed by atoms with Crippen LogP contribution in [0.25, 0.3) is 20.9 Å². The summed E-state index contributed by atoms with van der Waals surface area (Å²) in [6, 6.07) is 15.2. The number of aromatic nitrogens is 2. The molecule has 0 saturated carbocycles. The van der Waals surface area contributed by atoms with Crippen LogP contribution in [0.2, 0.25) is 0 Å². The summed E-state index contributed by atoms with van der Waals surface area (Å²) in [5, 5.41) is 6.20. The van der Waals surface area contributed by atoms with Crippen molar-refractivity contribution in [1.82, 2.24) is 9.97 Å². The monoisotopic (exact) mass is 423 g/mol. The van der Waals surface area contributed by atoms with Gasteiger partial charge in [-0.1, -0.05) is 38.0 Å². The topological polar surface area (TPSA) is 64.1 Å². The molecule has 0 unspecified atom stereocenters. The van der Waals surface area contributed by atoms with Crippen molar-refractivity contribution in [3.05, 3.63) is 59.5 Å². The van der Waals surface area contributed by atoms with E-state index >= 15 is 0 Å². The number of nitrogens with zero attached hydrogens (tertiary/aromatic N) is 2. The van der Waals surface area contributed by atoms with Crippen LogP contribution in [0.1, 0.15) is 36.5 Å². The van der Waals surface area contributed by atoms with Crippen LogP contribution in [0, 0.1) is 0 Å². The lowest BCUT2D eigenvalue weighted by Crippen LogP contribution is -2.11. The molecule has 148 valence electrons. The van der Waals surface area contributed by atoms with Crippen LogP contribution in [-0.2, 0) is 0 Å². The van der Waals surface area contributed by atoms with E-state index < -0.39 is 0 Å². The molecule has 0 aliphatic carbocycles. The van der Waals surface area contributed by atoms with Gasteiger partial charge in [-0.15, -0.1) is 22.7 Å². The second kappa shape index (κ2) is 9.15. The Morgan fingerprint density at radius 2 is 2.00 bits per heavy atom. The van der Waals surface area contributed by atoms with Crippen molar-refractivity contribution in [3.63, 3.8) is 0 Å². The number of hydrogen-bond acceptors (Lipinski definition) is 6. The highest BCUT2D eigenvalue weighted by Crippen LogP contribution is 2.32. The van der Waals surface area contributed by atoms with E-state index in [2.05, 4.69) is 22.2 Å². The Bertz CT molecular complexity index is 1090. The van der Waals surface area contributed by atoms with E-state index in [0.717, 1.165) is 40.2 Å². The Morgan fingerprint density at radius 1 is 1.10 bits per heavy atom. The van der Waals surface area contributed by atoms with Gasteiger partial charge in [-0.05, 0) is 36.8 Å². The van der Waals surface area contributed by atoms with E-state index in [0.29, 0.717) is 23.1 Å². The van der Waals surface area contributed by atoms with Crippen molar-refractivity contribution in [2.75, 3.05) is 11.9 Å². The van der Waals surface area contributed by atoms with Crippen molar-refractivity contribution in [1.29, 1.82) is 0 Å². The zero-order chi connectivity index (χ0) is 20.1. The van der Waals surface area contributed by atoms with Crippen LogP contribution in [0.3, 0.4) is 0 Å². The number of thiazole rings is 2. The number of nitrogens with one attached hydrogen (secondary N) is 1. The summed E-state index contributed by atoms with van der Waals surface area (Å²) >= 11 is 2.99. The van der Waals surface area contributed by atoms with E-state index in [1.807, 2.05) is 41.8 Å². The smallest absolute Gasteiger partial charge is 0.257 e. The molecular weight excluding hydrogens is 402 g/mol. The molecule has 0 bridgehead atoms. The number of ether oxygens (including phenoxy) is 1. The average Bonchev–Trinajstić information content (AvgIpc) is 3.38. The summed E-state index contributed by atoms with van der Waals surface area (Å²) < 4.78 is 6.86. The zero-order valence-electron chi connectivity index (χ0n) is 16.1. The van der Waals surface area contributed by atoms with Gasteiger partial charge in [0, 0.05) is 10.9 Å². The Hall–Kier alpha value is -2.77. The van der Waals surface area contributed by atoms with E-state index in [-0.39, 0.29) is 5.91 Å². The van der Waals surface area contributed by atoms with Crippen molar-refractivity contribution in [2.45, 2.75) is 26.2 Å². The molecule has 7 heteroatoms. The zero-order valence-corrected chi connectivity index (χ0v) is 17.7. The lowest BCUT2D eigenvalue weighted by atomic mass is 10.2. The standard InChI is InChI=1S/C22H21N3O2S2/c1-2-3-6-12-27-16-9-7-8-15(13-16)20(26)25-22-24-18(14-28-22)21-23-17-10-4-5-11-19(17)29-21/h4-5,7-11,13-14H,2-3,6,12H2,1H3,(H,24,25,26). The first-order chi connectivity index (χ1) is 14.2. The molecule has 0 atom stereocenters. The number of fused-ring (bicyclic) bond motifs is 1. The number of unbranched alkanes of at least 4 members (excludes halogenated alkanes) is 2. The molecule has 0 aliphatic heterocycles. The van der Waals surface area contributed by atoms with E-state index in [1.165, 1.54) is 11.3 Å². The highest BCUT2D eigenvalue weighted by atomic mass is 32.1. The van der Waals surface area contributed by atoms with E-state index in [9.17, 15) is 4.79 Å². The van der Waals surface area contributed by atoms with Gasteiger partial charge in [-0.3, -0.25) is 10.1 Å². The molecule has 0 radical (unpaired) electrons. The third kappa shape index (κ3) is 4.81. The van der Waals surface area contributed by atoms with Gasteiger partial charge < -0.3 is 4.74 Å². The predicted octanol–water partition coefficient (Wildman–Crippen LogP) is 6.24. The molecule has 0 aliphatic rings. The minimum Gasteiger partial charge on any atom is -0.494 e. The second-order valence-electron chi connectivity index (χ2n) is 6.56. The largest absolute Gasteiger partial charge is 0.494 e. The summed E-state index contributed by atoms with van der Waals surface area (Å²) in [5.74, 6) is 0.511. The van der Waals surface area contributed by atoms with Crippen molar-refractivity contribution < 1.29 is 9.53 Å². The molecule has 0 spiro atoms. The summed E-state index contributed by atoms with van der Waals surface area (Å²) in [6.45, 7) is 2.82. The lowest BCUT2D eigenvalue weighted by molar-refractivity contribution is 0.102. The van der Waals surface area contributed by atoms with Crippen molar-refractivity contribution in [3.8, 4) is 16.5 Å². The van der Waals surface area contributed by atoms with Gasteiger partial charge >= 0.3 is 0 Å². The fraction of sp³-hybridized carbons (Fsp3) is 0.227. The normalized spacial score (nSPS) is 10.9. The highest BCUT2D eigenvalue weighted by molar-refractivity contribution is 7.22. The molecule has 0 fully saturated rings. The van der Waals surface area contributed by atoms with Gasteiger partial charge in [0.2, 0.25) is 0 Å².